The Morgan fingerprint density at radius 2 is 2.20 bits per heavy atom. The normalized spacial score (nSPS) is 23.2. The summed E-state index contributed by atoms with van der Waals surface area (Å²) in [7, 11) is 0. The predicted octanol–water partition coefficient (Wildman–Crippen LogP) is 0.754. The minimum Gasteiger partial charge on any atom is -0.351 e. The number of carbonyl (C=O) groups excluding carboxylic acids is 1. The maximum Gasteiger partial charge on any atom is 0.329 e. The fourth-order valence-electron chi connectivity index (χ4n) is 1.02. The number of nitrogens with two attached hydrogens (primary N) is 1. The van der Waals surface area contributed by atoms with Gasteiger partial charge in [0, 0.05) is 13.0 Å². The second-order valence-electron chi connectivity index (χ2n) is 2.26. The Morgan fingerprint density at radius 3 is 2.40 bits per heavy atom. The summed E-state index contributed by atoms with van der Waals surface area (Å²) >= 11 is 0. The maximum absolute atomic E-state index is 12.5. The van der Waals surface area contributed by atoms with Crippen molar-refractivity contribution in [2.45, 2.75) is 18.9 Å². The molecule has 1 aliphatic rings. The minimum absolute atomic E-state index is 0.0718. The number of hydrogen-bond acceptors (Lipinski definition) is 1. The molecule has 0 bridgehead atoms. The monoisotopic (exact) mass is 150 g/mol. The molecule has 0 saturated carbocycles. The van der Waals surface area contributed by atoms with Gasteiger partial charge in [-0.1, -0.05) is 0 Å². The lowest BCUT2D eigenvalue weighted by molar-refractivity contribution is -0.0912. The van der Waals surface area contributed by atoms with Crippen LogP contribution in [0.5, 0.6) is 0 Å². The highest BCUT2D eigenvalue weighted by Gasteiger charge is 2.43. The number of primary amides is 1. The molecule has 0 radical (unpaired) electrons. The zero-order valence-electron chi connectivity index (χ0n) is 5.31. The Morgan fingerprint density at radius 1 is 1.60 bits per heavy atom. The third-order valence-corrected chi connectivity index (χ3v) is 1.52. The van der Waals surface area contributed by atoms with Gasteiger partial charge < -0.3 is 5.73 Å². The first kappa shape index (κ1) is 7.24. The highest BCUT2D eigenvalue weighted by Crippen LogP contribution is 2.31. The molecule has 0 atom stereocenters. The summed E-state index contributed by atoms with van der Waals surface area (Å²) in [4.78, 5) is 10.7. The Labute approximate surface area is 56.8 Å². The minimum atomic E-state index is -3.01. The molecule has 3 nitrogen and oxygen atoms in total. The number of halogens is 2. The van der Waals surface area contributed by atoms with Gasteiger partial charge in [-0.2, -0.15) is 8.78 Å². The summed E-state index contributed by atoms with van der Waals surface area (Å²) < 4.78 is 25.0. The second kappa shape index (κ2) is 2.07. The Balaban J connectivity index is 2.68. The highest BCUT2D eigenvalue weighted by molar-refractivity contribution is 5.72. The van der Waals surface area contributed by atoms with E-state index in [1.54, 1.807) is 0 Å². The third-order valence-electron chi connectivity index (χ3n) is 1.52. The van der Waals surface area contributed by atoms with Crippen molar-refractivity contribution < 1.29 is 13.6 Å². The van der Waals surface area contributed by atoms with E-state index in [-0.39, 0.29) is 13.0 Å². The van der Waals surface area contributed by atoms with Gasteiger partial charge in [0.15, 0.2) is 0 Å². The van der Waals surface area contributed by atoms with Crippen molar-refractivity contribution in [3.05, 3.63) is 0 Å². The lowest BCUT2D eigenvalue weighted by Gasteiger charge is -2.20. The number of nitrogens with zero attached hydrogens (tertiary/aromatic N) is 1. The van der Waals surface area contributed by atoms with Crippen molar-refractivity contribution in [1.82, 2.24) is 4.90 Å². The van der Waals surface area contributed by atoms with Gasteiger partial charge in [-0.3, -0.25) is 4.90 Å². The molecule has 1 aliphatic heterocycles. The number of likely N-dealkylation sites (tertiary alicyclic amines) is 1. The largest absolute Gasteiger partial charge is 0.351 e. The SMILES string of the molecule is NC(=O)N1CCCC1(F)F. The quantitative estimate of drug-likeness (QED) is 0.509. The van der Waals surface area contributed by atoms with E-state index >= 15 is 0 Å². The molecule has 1 heterocycles. The van der Waals surface area contributed by atoms with Crippen LogP contribution >= 0.6 is 0 Å². The zero-order valence-corrected chi connectivity index (χ0v) is 5.31. The molecule has 1 saturated heterocycles. The predicted molar refractivity (Wildman–Crippen MR) is 30.5 cm³/mol. The first-order valence-electron chi connectivity index (χ1n) is 2.99. The molecular formula is C5H8F2N2O. The van der Waals surface area contributed by atoms with Gasteiger partial charge in [0.1, 0.15) is 0 Å². The molecule has 1 fully saturated rings. The van der Waals surface area contributed by atoms with Crippen LogP contribution in [0.1, 0.15) is 12.8 Å². The average Bonchev–Trinajstić information content (AvgIpc) is 2.08. The molecule has 2 N–H and O–H groups in total. The van der Waals surface area contributed by atoms with E-state index < -0.39 is 12.1 Å². The molecular weight excluding hydrogens is 142 g/mol. The van der Waals surface area contributed by atoms with Crippen molar-refractivity contribution in [2.75, 3.05) is 6.54 Å². The summed E-state index contributed by atoms with van der Waals surface area (Å²) in [6, 6.07) is -4.05. The van der Waals surface area contributed by atoms with E-state index in [4.69, 9.17) is 0 Å². The number of alkyl halides is 2. The first-order chi connectivity index (χ1) is 4.54. The van der Waals surface area contributed by atoms with Gasteiger partial charge >= 0.3 is 12.1 Å². The summed E-state index contributed by atoms with van der Waals surface area (Å²) in [6.07, 6.45) is 0.0614. The van der Waals surface area contributed by atoms with Crippen molar-refractivity contribution in [3.8, 4) is 0 Å². The second-order valence-corrected chi connectivity index (χ2v) is 2.26. The van der Waals surface area contributed by atoms with Crippen molar-refractivity contribution >= 4 is 6.03 Å². The number of carbonyl (C=O) groups is 1. The van der Waals surface area contributed by atoms with E-state index in [9.17, 15) is 13.6 Å². The van der Waals surface area contributed by atoms with Crippen LogP contribution in [0.2, 0.25) is 0 Å². The molecule has 0 aromatic carbocycles. The molecule has 5 heteroatoms. The van der Waals surface area contributed by atoms with Crippen LogP contribution in [0.15, 0.2) is 0 Å². The highest BCUT2D eigenvalue weighted by atomic mass is 19.3. The molecule has 10 heavy (non-hydrogen) atoms. The van der Waals surface area contributed by atoms with Gasteiger partial charge in [0.25, 0.3) is 0 Å². The van der Waals surface area contributed by atoms with Crippen LogP contribution in [0.4, 0.5) is 13.6 Å². The fourth-order valence-corrected chi connectivity index (χ4v) is 1.02. The summed E-state index contributed by atoms with van der Waals surface area (Å²) in [5.41, 5.74) is 4.68. The van der Waals surface area contributed by atoms with Crippen LogP contribution in [0, 0.1) is 0 Å². The maximum atomic E-state index is 12.5. The molecule has 0 aliphatic carbocycles. The Hall–Kier alpha value is -0.870. The van der Waals surface area contributed by atoms with Gasteiger partial charge in [0.05, 0.1) is 0 Å². The van der Waals surface area contributed by atoms with E-state index in [0.29, 0.717) is 11.3 Å². The van der Waals surface area contributed by atoms with Gasteiger partial charge in [-0.25, -0.2) is 4.79 Å². The van der Waals surface area contributed by atoms with E-state index in [2.05, 4.69) is 5.73 Å². The fraction of sp³-hybridized carbons (Fsp3) is 0.800. The van der Waals surface area contributed by atoms with Crippen molar-refractivity contribution in [3.63, 3.8) is 0 Å². The van der Waals surface area contributed by atoms with E-state index in [0.717, 1.165) is 0 Å². The number of urea groups is 1. The van der Waals surface area contributed by atoms with Crippen LogP contribution in [0.25, 0.3) is 0 Å². The first-order valence-corrected chi connectivity index (χ1v) is 2.99. The van der Waals surface area contributed by atoms with Crippen LogP contribution in [-0.4, -0.2) is 23.5 Å². The van der Waals surface area contributed by atoms with E-state index in [1.165, 1.54) is 0 Å². The molecule has 2 amide bonds. The van der Waals surface area contributed by atoms with Gasteiger partial charge in [-0.05, 0) is 6.42 Å². The smallest absolute Gasteiger partial charge is 0.329 e. The van der Waals surface area contributed by atoms with Gasteiger partial charge in [-0.15, -0.1) is 0 Å². The lowest BCUT2D eigenvalue weighted by Crippen LogP contribution is -2.43. The number of hydrogen-bond donors (Lipinski definition) is 1. The van der Waals surface area contributed by atoms with Crippen LogP contribution < -0.4 is 5.73 Å². The lowest BCUT2D eigenvalue weighted by atomic mass is 10.4. The molecule has 0 unspecified atom stereocenters. The van der Waals surface area contributed by atoms with Crippen LogP contribution in [0.3, 0.4) is 0 Å². The number of amides is 2. The summed E-state index contributed by atoms with van der Waals surface area (Å²) in [6.45, 7) is 0.0718. The average molecular weight is 150 g/mol. The molecule has 0 aromatic rings. The Bertz CT molecular complexity index is 160. The van der Waals surface area contributed by atoms with E-state index in [1.807, 2.05) is 0 Å². The van der Waals surface area contributed by atoms with Crippen molar-refractivity contribution in [2.24, 2.45) is 5.73 Å². The molecule has 0 aromatic heterocycles. The standard InChI is InChI=1S/C5H8F2N2O/c6-5(7)2-1-3-9(5)4(8)10/h1-3H2,(H2,8,10). The zero-order chi connectivity index (χ0) is 7.78. The summed E-state index contributed by atoms with van der Waals surface area (Å²) in [5, 5.41) is 0. The van der Waals surface area contributed by atoms with Crippen molar-refractivity contribution in [1.29, 1.82) is 0 Å². The topological polar surface area (TPSA) is 46.3 Å². The number of rotatable bonds is 0. The Kier molecular flexibility index (Phi) is 1.50. The van der Waals surface area contributed by atoms with Crippen LogP contribution in [-0.2, 0) is 0 Å². The third kappa shape index (κ3) is 1.03. The molecule has 0 spiro atoms. The molecule has 1 rings (SSSR count). The molecule has 58 valence electrons. The van der Waals surface area contributed by atoms with Gasteiger partial charge in [0.2, 0.25) is 0 Å². The summed E-state index contributed by atoms with van der Waals surface area (Å²) in [5.74, 6) is 0.